The molecule has 2 nitrogen and oxygen atoms in total. The van der Waals surface area contributed by atoms with Crippen molar-refractivity contribution in [3.8, 4) is 0 Å². The van der Waals surface area contributed by atoms with E-state index in [1.54, 1.807) is 0 Å². The Morgan fingerprint density at radius 2 is 2.00 bits per heavy atom. The van der Waals surface area contributed by atoms with Gasteiger partial charge >= 0.3 is 0 Å². The Bertz CT molecular complexity index is 154. The third-order valence-corrected chi connectivity index (χ3v) is 1.85. The Balaban J connectivity index is 3.61. The fourth-order valence-electron chi connectivity index (χ4n) is 0.939. The van der Waals surface area contributed by atoms with Gasteiger partial charge in [-0.1, -0.05) is 27.7 Å². The van der Waals surface area contributed by atoms with E-state index in [0.717, 1.165) is 31.5 Å². The third-order valence-electron chi connectivity index (χ3n) is 1.85. The molecule has 3 N–H and O–H groups in total. The Labute approximate surface area is 82.6 Å². The van der Waals surface area contributed by atoms with Crippen molar-refractivity contribution in [2.24, 2.45) is 11.1 Å². The highest BCUT2D eigenvalue weighted by Gasteiger charge is 2.09. The predicted octanol–water partition coefficient (Wildman–Crippen LogP) is 2.61. The Hall–Kier alpha value is -0.660. The zero-order valence-corrected chi connectivity index (χ0v) is 9.48. The lowest BCUT2D eigenvalue weighted by Crippen LogP contribution is -2.12. The van der Waals surface area contributed by atoms with Gasteiger partial charge in [-0.05, 0) is 24.7 Å². The molecule has 0 fully saturated rings. The van der Waals surface area contributed by atoms with E-state index in [1.165, 1.54) is 0 Å². The highest BCUT2D eigenvalue weighted by atomic mass is 14.8. The van der Waals surface area contributed by atoms with E-state index in [0.29, 0.717) is 5.41 Å². The van der Waals surface area contributed by atoms with Crippen LogP contribution in [0.5, 0.6) is 0 Å². The van der Waals surface area contributed by atoms with Crippen LogP contribution >= 0.6 is 0 Å². The predicted molar refractivity (Wildman–Crippen MR) is 59.3 cm³/mol. The largest absolute Gasteiger partial charge is 0.401 e. The smallest absolute Gasteiger partial charge is 0.0240 e. The minimum Gasteiger partial charge on any atom is -0.401 e. The number of hydrogen-bond donors (Lipinski definition) is 2. The number of rotatable bonds is 5. The van der Waals surface area contributed by atoms with Gasteiger partial charge in [-0.2, -0.15) is 0 Å². The molecule has 0 heterocycles. The molecule has 78 valence electrons. The minimum absolute atomic E-state index is 0.378. The lowest BCUT2D eigenvalue weighted by Gasteiger charge is -2.17. The molecular weight excluding hydrogens is 160 g/mol. The van der Waals surface area contributed by atoms with Gasteiger partial charge in [0.1, 0.15) is 0 Å². The molecule has 2 heteroatoms. The molecule has 0 saturated heterocycles. The Kier molecular flexibility index (Phi) is 5.60. The number of hydrogen-bond acceptors (Lipinski definition) is 2. The maximum atomic E-state index is 5.82. The van der Waals surface area contributed by atoms with Gasteiger partial charge in [-0.15, -0.1) is 0 Å². The van der Waals surface area contributed by atoms with Crippen LogP contribution in [-0.4, -0.2) is 6.54 Å². The fourth-order valence-corrected chi connectivity index (χ4v) is 0.939. The molecule has 0 radical (unpaired) electrons. The van der Waals surface area contributed by atoms with Crippen LogP contribution in [0.4, 0.5) is 0 Å². The van der Waals surface area contributed by atoms with E-state index in [2.05, 4.69) is 33.0 Å². The standard InChI is InChI=1S/C11H24N2/c1-5-8-13-9-10(12)6-7-11(2,3)4/h9,13H,5-8,12H2,1-4H3/b10-9-. The molecule has 0 spiro atoms. The van der Waals surface area contributed by atoms with Crippen LogP contribution in [0.3, 0.4) is 0 Å². The SMILES string of the molecule is CCCN/C=C(\N)CCC(C)(C)C. The van der Waals surface area contributed by atoms with Gasteiger partial charge in [0.2, 0.25) is 0 Å². The van der Waals surface area contributed by atoms with Gasteiger partial charge in [0.25, 0.3) is 0 Å². The first-order chi connectivity index (χ1) is 5.95. The van der Waals surface area contributed by atoms with Crippen molar-refractivity contribution >= 4 is 0 Å². The topological polar surface area (TPSA) is 38.0 Å². The van der Waals surface area contributed by atoms with E-state index in [1.807, 2.05) is 6.20 Å². The fraction of sp³-hybridized carbons (Fsp3) is 0.818. The lowest BCUT2D eigenvalue weighted by molar-refractivity contribution is 0.376. The summed E-state index contributed by atoms with van der Waals surface area (Å²) < 4.78 is 0. The average molecular weight is 184 g/mol. The van der Waals surface area contributed by atoms with E-state index in [4.69, 9.17) is 5.73 Å². The summed E-state index contributed by atoms with van der Waals surface area (Å²) in [6.45, 7) is 9.86. The van der Waals surface area contributed by atoms with E-state index in [9.17, 15) is 0 Å². The van der Waals surface area contributed by atoms with Crippen molar-refractivity contribution in [1.29, 1.82) is 0 Å². The minimum atomic E-state index is 0.378. The van der Waals surface area contributed by atoms with Crippen LogP contribution in [0.25, 0.3) is 0 Å². The van der Waals surface area contributed by atoms with Crippen molar-refractivity contribution in [1.82, 2.24) is 5.32 Å². The maximum Gasteiger partial charge on any atom is 0.0240 e. The highest BCUT2D eigenvalue weighted by Crippen LogP contribution is 2.21. The van der Waals surface area contributed by atoms with Crippen molar-refractivity contribution in [2.45, 2.75) is 47.0 Å². The van der Waals surface area contributed by atoms with Gasteiger partial charge in [-0.3, -0.25) is 0 Å². The van der Waals surface area contributed by atoms with Gasteiger partial charge in [0, 0.05) is 18.4 Å². The molecule has 13 heavy (non-hydrogen) atoms. The summed E-state index contributed by atoms with van der Waals surface area (Å²) in [6.07, 6.45) is 5.21. The second-order valence-electron chi connectivity index (χ2n) is 4.73. The van der Waals surface area contributed by atoms with Crippen molar-refractivity contribution < 1.29 is 0 Å². The molecule has 0 aliphatic heterocycles. The molecule has 0 aliphatic carbocycles. The highest BCUT2D eigenvalue weighted by molar-refractivity contribution is 4.95. The number of nitrogens with two attached hydrogens (primary N) is 1. The first-order valence-electron chi connectivity index (χ1n) is 5.13. The summed E-state index contributed by atoms with van der Waals surface area (Å²) in [7, 11) is 0. The van der Waals surface area contributed by atoms with Gasteiger partial charge in [-0.25, -0.2) is 0 Å². The molecule has 0 saturated carbocycles. The molecule has 0 unspecified atom stereocenters. The monoisotopic (exact) mass is 184 g/mol. The quantitative estimate of drug-likeness (QED) is 0.645. The molecule has 0 aliphatic rings. The van der Waals surface area contributed by atoms with Crippen LogP contribution in [0.15, 0.2) is 11.9 Å². The lowest BCUT2D eigenvalue weighted by atomic mass is 9.90. The van der Waals surface area contributed by atoms with Crippen molar-refractivity contribution in [2.75, 3.05) is 6.54 Å². The van der Waals surface area contributed by atoms with Crippen molar-refractivity contribution in [3.63, 3.8) is 0 Å². The molecular formula is C11H24N2. The number of allylic oxidation sites excluding steroid dienone is 1. The Morgan fingerprint density at radius 3 is 2.46 bits per heavy atom. The molecule has 0 rings (SSSR count). The maximum absolute atomic E-state index is 5.82. The van der Waals surface area contributed by atoms with Gasteiger partial charge in [0.15, 0.2) is 0 Å². The summed E-state index contributed by atoms with van der Waals surface area (Å²) in [5.41, 5.74) is 7.16. The summed E-state index contributed by atoms with van der Waals surface area (Å²) in [5, 5.41) is 3.18. The van der Waals surface area contributed by atoms with E-state index >= 15 is 0 Å². The van der Waals surface area contributed by atoms with Gasteiger partial charge in [0.05, 0.1) is 0 Å². The summed E-state index contributed by atoms with van der Waals surface area (Å²) >= 11 is 0. The summed E-state index contributed by atoms with van der Waals surface area (Å²) in [4.78, 5) is 0. The normalized spacial score (nSPS) is 13.1. The van der Waals surface area contributed by atoms with Crippen LogP contribution in [0.2, 0.25) is 0 Å². The van der Waals surface area contributed by atoms with Crippen LogP contribution in [-0.2, 0) is 0 Å². The van der Waals surface area contributed by atoms with Gasteiger partial charge < -0.3 is 11.1 Å². The molecule has 0 aromatic heterocycles. The molecule has 0 aromatic rings. The second kappa shape index (κ2) is 5.90. The Morgan fingerprint density at radius 1 is 1.38 bits per heavy atom. The first kappa shape index (κ1) is 12.3. The first-order valence-corrected chi connectivity index (χ1v) is 5.13. The van der Waals surface area contributed by atoms with Crippen LogP contribution in [0, 0.1) is 5.41 Å². The second-order valence-corrected chi connectivity index (χ2v) is 4.73. The van der Waals surface area contributed by atoms with Crippen LogP contribution < -0.4 is 11.1 Å². The van der Waals surface area contributed by atoms with Crippen molar-refractivity contribution in [3.05, 3.63) is 11.9 Å². The van der Waals surface area contributed by atoms with E-state index in [-0.39, 0.29) is 0 Å². The molecule has 0 atom stereocenters. The zero-order valence-electron chi connectivity index (χ0n) is 9.48. The molecule has 0 amide bonds. The molecule has 0 aromatic carbocycles. The summed E-state index contributed by atoms with van der Waals surface area (Å²) in [6, 6.07) is 0. The average Bonchev–Trinajstić information content (AvgIpc) is 2.00. The third kappa shape index (κ3) is 9.25. The van der Waals surface area contributed by atoms with E-state index < -0.39 is 0 Å². The molecule has 0 bridgehead atoms. The zero-order chi connectivity index (χ0) is 10.3. The summed E-state index contributed by atoms with van der Waals surface area (Å²) in [5.74, 6) is 0. The number of nitrogens with one attached hydrogen (secondary N) is 1. The van der Waals surface area contributed by atoms with Crippen LogP contribution in [0.1, 0.15) is 47.0 Å².